The molecular formula is C16H17BrN2O3. The summed E-state index contributed by atoms with van der Waals surface area (Å²) >= 11 is 3.22. The van der Waals surface area contributed by atoms with Gasteiger partial charge in [-0.3, -0.25) is 4.79 Å². The Balaban J connectivity index is 0.000000224. The van der Waals surface area contributed by atoms with Gasteiger partial charge in [0.05, 0.1) is 6.61 Å². The minimum Gasteiger partial charge on any atom is -0.507 e. The molecule has 1 amide bonds. The Kier molecular flexibility index (Phi) is 7.28. The number of hydrogen-bond acceptors (Lipinski definition) is 4. The number of carbonyl (C=O) groups excluding carboxylic acids is 1. The zero-order valence-electron chi connectivity index (χ0n) is 12.0. The molecule has 0 saturated heterocycles. The zero-order valence-corrected chi connectivity index (χ0v) is 13.6. The maximum Gasteiger partial charge on any atom is 0.248 e. The highest BCUT2D eigenvalue weighted by molar-refractivity contribution is 9.10. The molecule has 0 aliphatic rings. The fourth-order valence-electron chi connectivity index (χ4n) is 1.57. The Labute approximate surface area is 137 Å². The molecule has 0 fully saturated rings. The third-order valence-corrected chi connectivity index (χ3v) is 3.19. The van der Waals surface area contributed by atoms with Gasteiger partial charge in [0.2, 0.25) is 5.91 Å². The van der Waals surface area contributed by atoms with Crippen LogP contribution in [0, 0.1) is 5.41 Å². The second-order valence-corrected chi connectivity index (χ2v) is 5.26. The number of primary amides is 1. The van der Waals surface area contributed by atoms with Crippen LogP contribution in [0.1, 0.15) is 21.5 Å². The van der Waals surface area contributed by atoms with Gasteiger partial charge < -0.3 is 21.0 Å². The van der Waals surface area contributed by atoms with Gasteiger partial charge in [-0.15, -0.1) is 0 Å². The van der Waals surface area contributed by atoms with Gasteiger partial charge in [-0.2, -0.15) is 0 Å². The van der Waals surface area contributed by atoms with Crippen molar-refractivity contribution in [1.82, 2.24) is 0 Å². The summed E-state index contributed by atoms with van der Waals surface area (Å²) in [6.45, 7) is 0.555. The number of benzene rings is 2. The molecule has 5 nitrogen and oxygen atoms in total. The molecule has 0 heterocycles. The number of ether oxygens (including phenoxy) is 1. The first-order valence-electron chi connectivity index (χ1n) is 6.34. The maximum atomic E-state index is 10.7. The second-order valence-electron chi connectivity index (χ2n) is 4.34. The lowest BCUT2D eigenvalue weighted by Gasteiger charge is -1.99. The van der Waals surface area contributed by atoms with Crippen molar-refractivity contribution in [3.05, 3.63) is 63.6 Å². The summed E-state index contributed by atoms with van der Waals surface area (Å²) < 4.78 is 5.78. The minimum atomic E-state index is -0.404. The molecule has 0 unspecified atom stereocenters. The molecule has 0 atom stereocenters. The largest absolute Gasteiger partial charge is 0.507 e. The van der Waals surface area contributed by atoms with E-state index >= 15 is 0 Å². The van der Waals surface area contributed by atoms with Crippen LogP contribution in [0.25, 0.3) is 0 Å². The first kappa shape index (κ1) is 17.9. The monoisotopic (exact) mass is 364 g/mol. The van der Waals surface area contributed by atoms with E-state index in [9.17, 15) is 4.79 Å². The third kappa shape index (κ3) is 5.67. The van der Waals surface area contributed by atoms with Crippen molar-refractivity contribution >= 4 is 28.1 Å². The average Bonchev–Trinajstić information content (AvgIpc) is 2.51. The smallest absolute Gasteiger partial charge is 0.248 e. The van der Waals surface area contributed by atoms with Crippen LogP contribution in [0.4, 0.5) is 0 Å². The summed E-state index contributed by atoms with van der Waals surface area (Å²) in [6, 6.07) is 12.0. The highest BCUT2D eigenvalue weighted by Gasteiger charge is 1.98. The van der Waals surface area contributed by atoms with E-state index in [-0.39, 0.29) is 5.75 Å². The van der Waals surface area contributed by atoms with E-state index in [1.54, 1.807) is 37.4 Å². The lowest BCUT2D eigenvalue weighted by Crippen LogP contribution is -2.10. The Morgan fingerprint density at radius 1 is 1.32 bits per heavy atom. The van der Waals surface area contributed by atoms with Crippen LogP contribution < -0.4 is 5.73 Å². The summed E-state index contributed by atoms with van der Waals surface area (Å²) in [4.78, 5) is 10.7. The Morgan fingerprint density at radius 3 is 2.41 bits per heavy atom. The number of hydrogen-bond donors (Lipinski definition) is 3. The Bertz CT molecular complexity index is 642. The second kappa shape index (κ2) is 8.96. The van der Waals surface area contributed by atoms with Crippen LogP contribution in [0.15, 0.2) is 46.9 Å². The van der Waals surface area contributed by atoms with Gasteiger partial charge in [-0.05, 0) is 35.9 Å². The van der Waals surface area contributed by atoms with Gasteiger partial charge in [0, 0.05) is 28.9 Å². The van der Waals surface area contributed by atoms with E-state index in [1.165, 1.54) is 0 Å². The quantitative estimate of drug-likeness (QED) is 0.727. The van der Waals surface area contributed by atoms with Crippen molar-refractivity contribution in [3.8, 4) is 5.75 Å². The summed E-state index contributed by atoms with van der Waals surface area (Å²) in [7, 11) is 1.63. The molecule has 6 heteroatoms. The lowest BCUT2D eigenvalue weighted by molar-refractivity contribution is 0.1000. The summed E-state index contributed by atoms with van der Waals surface area (Å²) in [5.41, 5.74) is 7.14. The molecular weight excluding hydrogens is 348 g/mol. The number of phenols is 1. The third-order valence-electron chi connectivity index (χ3n) is 2.69. The Morgan fingerprint density at radius 2 is 1.95 bits per heavy atom. The van der Waals surface area contributed by atoms with Crippen LogP contribution in [-0.2, 0) is 11.3 Å². The first-order chi connectivity index (χ1) is 10.5. The Hall–Kier alpha value is -2.18. The molecule has 2 aromatic carbocycles. The number of halogens is 1. The maximum absolute atomic E-state index is 10.7. The summed E-state index contributed by atoms with van der Waals surface area (Å²) in [5, 5.41) is 15.9. The SMILES string of the molecule is COCc1ccc(C(N)=O)cc1.N=Cc1cc(Br)ccc1O. The van der Waals surface area contributed by atoms with Crippen molar-refractivity contribution < 1.29 is 14.6 Å². The average molecular weight is 365 g/mol. The van der Waals surface area contributed by atoms with E-state index in [0.29, 0.717) is 17.7 Å². The molecule has 0 spiro atoms. The van der Waals surface area contributed by atoms with Crippen LogP contribution in [0.3, 0.4) is 0 Å². The number of nitrogens with two attached hydrogens (primary N) is 1. The van der Waals surface area contributed by atoms with Gasteiger partial charge in [0.1, 0.15) is 5.75 Å². The van der Waals surface area contributed by atoms with Crippen LogP contribution in [-0.4, -0.2) is 24.3 Å². The standard InChI is InChI=1S/C9H11NO2.C7H6BrNO/c1-12-6-7-2-4-8(5-3-7)9(10)11;8-6-1-2-7(10)5(3-6)4-9/h2-5H,6H2,1H3,(H2,10,11);1-4,9-10H. The van der Waals surface area contributed by atoms with Gasteiger partial charge in [-0.25, -0.2) is 0 Å². The van der Waals surface area contributed by atoms with Crippen LogP contribution in [0.5, 0.6) is 5.75 Å². The number of aromatic hydroxyl groups is 1. The van der Waals surface area contributed by atoms with E-state index in [2.05, 4.69) is 15.9 Å². The van der Waals surface area contributed by atoms with Crippen LogP contribution in [0.2, 0.25) is 0 Å². The molecule has 0 bridgehead atoms. The van der Waals surface area contributed by atoms with Gasteiger partial charge in [0.15, 0.2) is 0 Å². The van der Waals surface area contributed by atoms with Gasteiger partial charge in [-0.1, -0.05) is 28.1 Å². The number of phenolic OH excluding ortho intramolecular Hbond substituents is 1. The van der Waals surface area contributed by atoms with E-state index in [0.717, 1.165) is 16.3 Å². The van der Waals surface area contributed by atoms with Gasteiger partial charge >= 0.3 is 0 Å². The predicted molar refractivity (Wildman–Crippen MR) is 89.4 cm³/mol. The van der Waals surface area contributed by atoms with Crippen molar-refractivity contribution in [2.24, 2.45) is 5.73 Å². The minimum absolute atomic E-state index is 0.137. The van der Waals surface area contributed by atoms with Crippen molar-refractivity contribution in [1.29, 1.82) is 5.41 Å². The predicted octanol–water partition coefficient (Wildman–Crippen LogP) is 3.08. The molecule has 0 aliphatic heterocycles. The van der Waals surface area contributed by atoms with Crippen molar-refractivity contribution in [2.45, 2.75) is 6.61 Å². The molecule has 0 saturated carbocycles. The summed E-state index contributed by atoms with van der Waals surface area (Å²) in [5.74, 6) is -0.267. The number of amides is 1. The zero-order chi connectivity index (χ0) is 16.5. The van der Waals surface area contributed by atoms with E-state index in [1.807, 2.05) is 12.1 Å². The fraction of sp³-hybridized carbons (Fsp3) is 0.125. The van der Waals surface area contributed by atoms with Gasteiger partial charge in [0.25, 0.3) is 0 Å². The number of nitrogens with one attached hydrogen (secondary N) is 1. The normalized spacial score (nSPS) is 9.55. The first-order valence-corrected chi connectivity index (χ1v) is 7.14. The molecule has 2 aromatic rings. The van der Waals surface area contributed by atoms with E-state index in [4.69, 9.17) is 21.0 Å². The summed E-state index contributed by atoms with van der Waals surface area (Å²) in [6.07, 6.45) is 1.11. The lowest BCUT2D eigenvalue weighted by atomic mass is 10.1. The molecule has 0 aliphatic carbocycles. The molecule has 4 N–H and O–H groups in total. The van der Waals surface area contributed by atoms with Crippen molar-refractivity contribution in [3.63, 3.8) is 0 Å². The highest BCUT2D eigenvalue weighted by atomic mass is 79.9. The van der Waals surface area contributed by atoms with Crippen LogP contribution >= 0.6 is 15.9 Å². The van der Waals surface area contributed by atoms with E-state index < -0.39 is 5.91 Å². The number of rotatable bonds is 4. The number of methoxy groups -OCH3 is 1. The molecule has 0 aromatic heterocycles. The molecule has 0 radical (unpaired) electrons. The molecule has 2 rings (SSSR count). The molecule has 22 heavy (non-hydrogen) atoms. The number of carbonyl (C=O) groups is 1. The fourth-order valence-corrected chi connectivity index (χ4v) is 1.95. The highest BCUT2D eigenvalue weighted by Crippen LogP contribution is 2.19. The van der Waals surface area contributed by atoms with Crippen molar-refractivity contribution in [2.75, 3.05) is 7.11 Å². The molecule has 116 valence electrons. The topological polar surface area (TPSA) is 96.4 Å².